The third kappa shape index (κ3) is 5.05. The van der Waals surface area contributed by atoms with E-state index in [1.54, 1.807) is 43.6 Å². The minimum atomic E-state index is -0.421. The van der Waals surface area contributed by atoms with Gasteiger partial charge in [0, 0.05) is 18.9 Å². The van der Waals surface area contributed by atoms with Crippen LogP contribution >= 0.6 is 0 Å². The van der Waals surface area contributed by atoms with Crippen LogP contribution in [0.2, 0.25) is 0 Å². The summed E-state index contributed by atoms with van der Waals surface area (Å²) in [5.41, 5.74) is 0.910. The van der Waals surface area contributed by atoms with Gasteiger partial charge in [0.2, 0.25) is 0 Å². The van der Waals surface area contributed by atoms with Crippen LogP contribution in [0.1, 0.15) is 12.5 Å². The molecule has 2 rings (SSSR count). The van der Waals surface area contributed by atoms with E-state index in [1.807, 2.05) is 6.07 Å². The largest absolute Gasteiger partial charge is 0.488 e. The van der Waals surface area contributed by atoms with Crippen LogP contribution in [0.5, 0.6) is 5.75 Å². The van der Waals surface area contributed by atoms with Crippen molar-refractivity contribution in [2.75, 3.05) is 6.61 Å². The number of carbonyl (C=O) groups excluding carboxylic acids is 1. The summed E-state index contributed by atoms with van der Waals surface area (Å²) in [4.78, 5) is 15.7. The molecule has 1 heterocycles. The van der Waals surface area contributed by atoms with Crippen molar-refractivity contribution in [2.24, 2.45) is 0 Å². The van der Waals surface area contributed by atoms with Crippen LogP contribution in [-0.2, 0) is 6.54 Å². The second-order valence-electron chi connectivity index (χ2n) is 4.83. The predicted molar refractivity (Wildman–Crippen MR) is 81.0 cm³/mol. The van der Waals surface area contributed by atoms with Crippen molar-refractivity contribution < 1.29 is 13.9 Å². The topological polar surface area (TPSA) is 63.2 Å². The summed E-state index contributed by atoms with van der Waals surface area (Å²) in [6, 6.07) is 9.27. The first kappa shape index (κ1) is 15.8. The number of rotatable bonds is 6. The molecule has 1 atom stereocenters. The van der Waals surface area contributed by atoms with Crippen LogP contribution in [0, 0.1) is 5.82 Å². The number of aromatic nitrogens is 1. The number of ether oxygens (including phenoxy) is 1. The van der Waals surface area contributed by atoms with Crippen molar-refractivity contribution in [1.82, 2.24) is 15.6 Å². The summed E-state index contributed by atoms with van der Waals surface area (Å²) >= 11 is 0. The van der Waals surface area contributed by atoms with E-state index in [0.717, 1.165) is 5.56 Å². The molecule has 2 N–H and O–H groups in total. The van der Waals surface area contributed by atoms with E-state index in [-0.39, 0.29) is 24.4 Å². The van der Waals surface area contributed by atoms with Crippen molar-refractivity contribution >= 4 is 6.03 Å². The molecule has 2 amide bonds. The number of benzene rings is 1. The van der Waals surface area contributed by atoms with Crippen LogP contribution in [0.4, 0.5) is 9.18 Å². The van der Waals surface area contributed by atoms with Gasteiger partial charge < -0.3 is 15.4 Å². The first-order valence-electron chi connectivity index (χ1n) is 6.96. The number of nitrogens with zero attached hydrogens (tertiary/aromatic N) is 1. The molecule has 116 valence electrons. The highest BCUT2D eigenvalue weighted by atomic mass is 19.1. The molecular weight excluding hydrogens is 285 g/mol. The lowest BCUT2D eigenvalue weighted by atomic mass is 10.3. The molecular formula is C16H18FN3O2. The molecule has 0 aliphatic carbocycles. The molecule has 1 aromatic heterocycles. The number of halogens is 1. The van der Waals surface area contributed by atoms with E-state index >= 15 is 0 Å². The van der Waals surface area contributed by atoms with Crippen molar-refractivity contribution in [1.29, 1.82) is 0 Å². The first-order chi connectivity index (χ1) is 10.6. The Hall–Kier alpha value is -2.63. The summed E-state index contributed by atoms with van der Waals surface area (Å²) in [7, 11) is 0. The fourth-order valence-corrected chi connectivity index (χ4v) is 1.78. The van der Waals surface area contributed by atoms with Gasteiger partial charge in [-0.15, -0.1) is 0 Å². The number of pyridine rings is 1. The van der Waals surface area contributed by atoms with Crippen molar-refractivity contribution in [3.05, 3.63) is 60.2 Å². The van der Waals surface area contributed by atoms with E-state index in [2.05, 4.69) is 15.6 Å². The maximum Gasteiger partial charge on any atom is 0.315 e. The Morgan fingerprint density at radius 2 is 2.14 bits per heavy atom. The zero-order valence-electron chi connectivity index (χ0n) is 12.3. The third-order valence-electron chi connectivity index (χ3n) is 2.88. The van der Waals surface area contributed by atoms with Crippen LogP contribution in [-0.4, -0.2) is 23.7 Å². The number of nitrogens with one attached hydrogen (secondary N) is 2. The highest BCUT2D eigenvalue weighted by Crippen LogP contribution is 2.15. The Morgan fingerprint density at radius 3 is 2.86 bits per heavy atom. The van der Waals surface area contributed by atoms with Gasteiger partial charge in [-0.1, -0.05) is 18.2 Å². The van der Waals surface area contributed by atoms with Gasteiger partial charge in [0.1, 0.15) is 6.61 Å². The molecule has 1 aromatic carbocycles. The minimum absolute atomic E-state index is 0.173. The molecule has 22 heavy (non-hydrogen) atoms. The van der Waals surface area contributed by atoms with Gasteiger partial charge in [-0.3, -0.25) is 4.98 Å². The Balaban J connectivity index is 1.71. The summed E-state index contributed by atoms with van der Waals surface area (Å²) < 4.78 is 18.7. The Kier molecular flexibility index (Phi) is 5.71. The number of carbonyl (C=O) groups is 1. The second kappa shape index (κ2) is 7.97. The Labute approximate surface area is 128 Å². The third-order valence-corrected chi connectivity index (χ3v) is 2.88. The second-order valence-corrected chi connectivity index (χ2v) is 4.83. The first-order valence-corrected chi connectivity index (χ1v) is 6.96. The Bertz CT molecular complexity index is 607. The fourth-order valence-electron chi connectivity index (χ4n) is 1.78. The van der Waals surface area contributed by atoms with Crippen molar-refractivity contribution in [3.63, 3.8) is 0 Å². The van der Waals surface area contributed by atoms with Gasteiger partial charge in [0.15, 0.2) is 11.6 Å². The van der Waals surface area contributed by atoms with Crippen LogP contribution in [0.15, 0.2) is 48.8 Å². The molecule has 0 spiro atoms. The number of hydrogen-bond acceptors (Lipinski definition) is 3. The summed E-state index contributed by atoms with van der Waals surface area (Å²) in [6.07, 6.45) is 3.36. The van der Waals surface area contributed by atoms with Crippen molar-refractivity contribution in [2.45, 2.75) is 19.5 Å². The summed E-state index contributed by atoms with van der Waals surface area (Å²) in [5.74, 6) is -0.248. The predicted octanol–water partition coefficient (Wildman–Crippen LogP) is 2.49. The van der Waals surface area contributed by atoms with E-state index in [1.165, 1.54) is 6.07 Å². The van der Waals surface area contributed by atoms with Gasteiger partial charge >= 0.3 is 6.03 Å². The quantitative estimate of drug-likeness (QED) is 0.862. The SMILES string of the molecule is C[C@@H](COc1ccccc1F)NC(=O)NCc1cccnc1. The van der Waals surface area contributed by atoms with E-state index in [0.29, 0.717) is 6.54 Å². The number of hydrogen-bond donors (Lipinski definition) is 2. The van der Waals surface area contributed by atoms with E-state index in [4.69, 9.17) is 4.74 Å². The monoisotopic (exact) mass is 303 g/mol. The average molecular weight is 303 g/mol. The van der Waals surface area contributed by atoms with Gasteiger partial charge in [-0.2, -0.15) is 0 Å². The van der Waals surface area contributed by atoms with Crippen molar-refractivity contribution in [3.8, 4) is 5.75 Å². The van der Waals surface area contributed by atoms with Gasteiger partial charge in [-0.05, 0) is 30.7 Å². The lowest BCUT2D eigenvalue weighted by molar-refractivity contribution is 0.224. The number of para-hydroxylation sites is 1. The Morgan fingerprint density at radius 1 is 1.32 bits per heavy atom. The van der Waals surface area contributed by atoms with Gasteiger partial charge in [0.25, 0.3) is 0 Å². The lowest BCUT2D eigenvalue weighted by Gasteiger charge is -2.16. The minimum Gasteiger partial charge on any atom is -0.488 e. The van der Waals surface area contributed by atoms with Crippen LogP contribution in [0.3, 0.4) is 0 Å². The highest BCUT2D eigenvalue weighted by molar-refractivity contribution is 5.74. The van der Waals surface area contributed by atoms with Gasteiger partial charge in [0.05, 0.1) is 6.04 Å². The molecule has 0 saturated heterocycles. The summed E-state index contributed by atoms with van der Waals surface area (Å²) in [6.45, 7) is 2.35. The van der Waals surface area contributed by atoms with Crippen LogP contribution in [0.25, 0.3) is 0 Å². The molecule has 0 radical (unpaired) electrons. The number of amides is 2. The molecule has 0 aliphatic rings. The molecule has 0 bridgehead atoms. The maximum atomic E-state index is 13.4. The fraction of sp³-hybridized carbons (Fsp3) is 0.250. The molecule has 0 saturated carbocycles. The van der Waals surface area contributed by atoms with E-state index < -0.39 is 5.82 Å². The molecule has 5 nitrogen and oxygen atoms in total. The molecule has 2 aromatic rings. The zero-order chi connectivity index (χ0) is 15.8. The normalized spacial score (nSPS) is 11.5. The number of urea groups is 1. The highest BCUT2D eigenvalue weighted by Gasteiger charge is 2.09. The average Bonchev–Trinajstić information content (AvgIpc) is 2.53. The molecule has 0 unspecified atom stereocenters. The zero-order valence-corrected chi connectivity index (χ0v) is 12.3. The maximum absolute atomic E-state index is 13.4. The van der Waals surface area contributed by atoms with Gasteiger partial charge in [-0.25, -0.2) is 9.18 Å². The summed E-state index contributed by atoms with van der Waals surface area (Å²) in [5, 5.41) is 5.44. The van der Waals surface area contributed by atoms with Crippen LogP contribution < -0.4 is 15.4 Å². The van der Waals surface area contributed by atoms with E-state index in [9.17, 15) is 9.18 Å². The standard InChI is InChI=1S/C16H18FN3O2/c1-12(11-22-15-7-3-2-6-14(15)17)20-16(21)19-10-13-5-4-8-18-9-13/h2-9,12H,10-11H2,1H3,(H2,19,20,21)/t12-/m0/s1. The smallest absolute Gasteiger partial charge is 0.315 e. The molecule has 0 aliphatic heterocycles. The molecule has 6 heteroatoms. The lowest BCUT2D eigenvalue weighted by Crippen LogP contribution is -2.43. The molecule has 0 fully saturated rings.